The van der Waals surface area contributed by atoms with E-state index in [1.54, 1.807) is 18.2 Å². The van der Waals surface area contributed by atoms with Crippen molar-refractivity contribution in [3.05, 3.63) is 95.4 Å². The molecular formula is C23H18FN3O3. The zero-order valence-corrected chi connectivity index (χ0v) is 15.8. The minimum atomic E-state index is -0.576. The number of phenols is 2. The summed E-state index contributed by atoms with van der Waals surface area (Å²) in [5.74, 6) is -1.29. The SMILES string of the molecule is O=C(N/N=C/c1cn(Cc2ccccc2F)c2ccccc12)c1cc(O)cc(O)c1. The van der Waals surface area contributed by atoms with Gasteiger partial charge in [-0.2, -0.15) is 5.10 Å². The number of phenolic OH excluding ortho intramolecular Hbond substituents is 2. The second kappa shape index (κ2) is 8.08. The Morgan fingerprint density at radius 3 is 2.50 bits per heavy atom. The van der Waals surface area contributed by atoms with E-state index in [1.165, 1.54) is 24.4 Å². The van der Waals surface area contributed by atoms with E-state index in [1.807, 2.05) is 35.0 Å². The standard InChI is InChI=1S/C23H18FN3O3/c24-21-7-3-1-5-15(21)13-27-14-17(20-6-2-4-8-22(20)27)12-25-26-23(30)16-9-18(28)11-19(29)10-16/h1-12,14,28-29H,13H2,(H,26,30)/b25-12+. The number of aromatic hydroxyl groups is 2. The highest BCUT2D eigenvalue weighted by atomic mass is 19.1. The van der Waals surface area contributed by atoms with Gasteiger partial charge >= 0.3 is 0 Å². The fraction of sp³-hybridized carbons (Fsp3) is 0.0435. The molecule has 150 valence electrons. The number of rotatable bonds is 5. The van der Waals surface area contributed by atoms with Crippen LogP contribution in [0.15, 0.2) is 78.0 Å². The number of amides is 1. The predicted octanol–water partition coefficient (Wildman–Crippen LogP) is 4.00. The van der Waals surface area contributed by atoms with Crippen LogP contribution in [-0.2, 0) is 6.54 Å². The van der Waals surface area contributed by atoms with Gasteiger partial charge in [0.15, 0.2) is 0 Å². The monoisotopic (exact) mass is 403 g/mol. The number of halogens is 1. The van der Waals surface area contributed by atoms with Gasteiger partial charge < -0.3 is 14.8 Å². The van der Waals surface area contributed by atoms with E-state index < -0.39 is 5.91 Å². The molecule has 1 amide bonds. The summed E-state index contributed by atoms with van der Waals surface area (Å²) in [4.78, 5) is 12.2. The summed E-state index contributed by atoms with van der Waals surface area (Å²) < 4.78 is 16.0. The molecule has 0 fully saturated rings. The summed E-state index contributed by atoms with van der Waals surface area (Å²) in [6.45, 7) is 0.357. The van der Waals surface area contributed by atoms with E-state index in [0.29, 0.717) is 12.1 Å². The van der Waals surface area contributed by atoms with Crippen molar-refractivity contribution in [2.75, 3.05) is 0 Å². The van der Waals surface area contributed by atoms with Crippen molar-refractivity contribution >= 4 is 23.0 Å². The molecule has 0 aliphatic rings. The number of nitrogens with one attached hydrogen (secondary N) is 1. The van der Waals surface area contributed by atoms with Crippen LogP contribution in [0.5, 0.6) is 11.5 Å². The maximum atomic E-state index is 14.1. The summed E-state index contributed by atoms with van der Waals surface area (Å²) in [5.41, 5.74) is 4.68. The van der Waals surface area contributed by atoms with Crippen LogP contribution in [0.2, 0.25) is 0 Å². The fourth-order valence-electron chi connectivity index (χ4n) is 3.27. The molecular weight excluding hydrogens is 385 g/mol. The maximum Gasteiger partial charge on any atom is 0.271 e. The molecule has 1 aromatic heterocycles. The highest BCUT2D eigenvalue weighted by molar-refractivity contribution is 6.00. The van der Waals surface area contributed by atoms with Gasteiger partial charge in [-0.3, -0.25) is 4.79 Å². The second-order valence-corrected chi connectivity index (χ2v) is 6.76. The number of carbonyl (C=O) groups is 1. The van der Waals surface area contributed by atoms with Crippen LogP contribution in [0, 0.1) is 5.82 Å². The van der Waals surface area contributed by atoms with Gasteiger partial charge in [-0.05, 0) is 24.3 Å². The quantitative estimate of drug-likeness (QED) is 0.348. The largest absolute Gasteiger partial charge is 0.508 e. The topological polar surface area (TPSA) is 86.9 Å². The summed E-state index contributed by atoms with van der Waals surface area (Å²) in [6.07, 6.45) is 3.34. The lowest BCUT2D eigenvalue weighted by Crippen LogP contribution is -2.17. The summed E-state index contributed by atoms with van der Waals surface area (Å²) in [7, 11) is 0. The molecule has 0 saturated carbocycles. The van der Waals surface area contributed by atoms with Gasteiger partial charge in [-0.25, -0.2) is 9.82 Å². The van der Waals surface area contributed by atoms with Crippen LogP contribution < -0.4 is 5.43 Å². The molecule has 7 heteroatoms. The smallest absolute Gasteiger partial charge is 0.271 e. The lowest BCUT2D eigenvalue weighted by Gasteiger charge is -2.06. The number of hydrazone groups is 1. The Labute approximate surface area is 171 Å². The molecule has 0 spiro atoms. The van der Waals surface area contributed by atoms with Gasteiger partial charge in [0.05, 0.1) is 12.8 Å². The number of para-hydroxylation sites is 1. The molecule has 4 aromatic rings. The van der Waals surface area contributed by atoms with Gasteiger partial charge in [0.2, 0.25) is 0 Å². The van der Waals surface area contributed by atoms with Crippen molar-refractivity contribution in [1.29, 1.82) is 0 Å². The van der Waals surface area contributed by atoms with E-state index in [0.717, 1.165) is 22.5 Å². The van der Waals surface area contributed by atoms with Crippen LogP contribution >= 0.6 is 0 Å². The van der Waals surface area contributed by atoms with Gasteiger partial charge in [-0.15, -0.1) is 0 Å². The third-order valence-corrected chi connectivity index (χ3v) is 4.65. The van der Waals surface area contributed by atoms with Crippen LogP contribution in [0.3, 0.4) is 0 Å². The molecule has 0 radical (unpaired) electrons. The van der Waals surface area contributed by atoms with Gasteiger partial charge in [0.1, 0.15) is 17.3 Å². The number of carbonyl (C=O) groups excluding carboxylic acids is 1. The van der Waals surface area contributed by atoms with Crippen molar-refractivity contribution in [1.82, 2.24) is 9.99 Å². The third-order valence-electron chi connectivity index (χ3n) is 4.65. The van der Waals surface area contributed by atoms with Crippen molar-refractivity contribution in [2.45, 2.75) is 6.54 Å². The average molecular weight is 403 g/mol. The number of benzene rings is 3. The van der Waals surface area contributed by atoms with E-state index in [9.17, 15) is 19.4 Å². The normalized spacial score (nSPS) is 11.2. The zero-order chi connectivity index (χ0) is 21.1. The van der Waals surface area contributed by atoms with Crippen LogP contribution in [-0.4, -0.2) is 26.9 Å². The summed E-state index contributed by atoms with van der Waals surface area (Å²) in [5, 5.41) is 23.9. The summed E-state index contributed by atoms with van der Waals surface area (Å²) in [6, 6.07) is 17.8. The number of fused-ring (bicyclic) bond motifs is 1. The Morgan fingerprint density at radius 1 is 1.03 bits per heavy atom. The average Bonchev–Trinajstić information content (AvgIpc) is 3.07. The first-order valence-electron chi connectivity index (χ1n) is 9.19. The lowest BCUT2D eigenvalue weighted by molar-refractivity contribution is 0.0954. The first-order valence-corrected chi connectivity index (χ1v) is 9.19. The van der Waals surface area contributed by atoms with Crippen LogP contribution in [0.4, 0.5) is 4.39 Å². The molecule has 0 saturated heterocycles. The van der Waals surface area contributed by atoms with Crippen LogP contribution in [0.1, 0.15) is 21.5 Å². The maximum absolute atomic E-state index is 14.1. The Morgan fingerprint density at radius 2 is 1.73 bits per heavy atom. The van der Waals surface area contributed by atoms with E-state index >= 15 is 0 Å². The molecule has 4 rings (SSSR count). The molecule has 1 heterocycles. The molecule has 0 aliphatic carbocycles. The predicted molar refractivity (Wildman–Crippen MR) is 112 cm³/mol. The molecule has 6 nitrogen and oxygen atoms in total. The highest BCUT2D eigenvalue weighted by Crippen LogP contribution is 2.22. The molecule has 3 N–H and O–H groups in total. The molecule has 0 bridgehead atoms. The molecule has 0 atom stereocenters. The minimum absolute atomic E-state index is 0.0756. The van der Waals surface area contributed by atoms with Crippen molar-refractivity contribution in [2.24, 2.45) is 5.10 Å². The van der Waals surface area contributed by atoms with E-state index in [-0.39, 0.29) is 22.9 Å². The first kappa shape index (κ1) is 19.2. The fourth-order valence-corrected chi connectivity index (χ4v) is 3.27. The number of aromatic nitrogens is 1. The lowest BCUT2D eigenvalue weighted by atomic mass is 10.2. The van der Waals surface area contributed by atoms with Gasteiger partial charge in [0, 0.05) is 39.9 Å². The first-order chi connectivity index (χ1) is 14.5. The van der Waals surface area contributed by atoms with E-state index in [2.05, 4.69) is 10.5 Å². The van der Waals surface area contributed by atoms with Gasteiger partial charge in [-0.1, -0.05) is 36.4 Å². The number of hydrogen-bond acceptors (Lipinski definition) is 4. The number of nitrogens with zero attached hydrogens (tertiary/aromatic N) is 2. The van der Waals surface area contributed by atoms with Gasteiger partial charge in [0.25, 0.3) is 5.91 Å². The molecule has 30 heavy (non-hydrogen) atoms. The third kappa shape index (κ3) is 4.00. The zero-order valence-electron chi connectivity index (χ0n) is 15.8. The number of hydrogen-bond donors (Lipinski definition) is 3. The van der Waals surface area contributed by atoms with Crippen LogP contribution in [0.25, 0.3) is 10.9 Å². The van der Waals surface area contributed by atoms with E-state index in [4.69, 9.17) is 0 Å². The molecule has 3 aromatic carbocycles. The minimum Gasteiger partial charge on any atom is -0.508 e. The Balaban J connectivity index is 1.58. The molecule has 0 aliphatic heterocycles. The Kier molecular flexibility index (Phi) is 5.17. The van der Waals surface area contributed by atoms with Crippen molar-refractivity contribution < 1.29 is 19.4 Å². The highest BCUT2D eigenvalue weighted by Gasteiger charge is 2.10. The Hall–Kier alpha value is -4.13. The summed E-state index contributed by atoms with van der Waals surface area (Å²) >= 11 is 0. The second-order valence-electron chi connectivity index (χ2n) is 6.76. The molecule has 0 unspecified atom stereocenters. The Bertz CT molecular complexity index is 1240. The van der Waals surface area contributed by atoms with Crippen molar-refractivity contribution in [3.8, 4) is 11.5 Å². The van der Waals surface area contributed by atoms with Crippen molar-refractivity contribution in [3.63, 3.8) is 0 Å².